The maximum Gasteiger partial charge on any atom is 0.0821 e. The van der Waals surface area contributed by atoms with Gasteiger partial charge < -0.3 is 18.8 Å². The van der Waals surface area contributed by atoms with Gasteiger partial charge in [0.2, 0.25) is 0 Å². The number of hydrazine groups is 1. The number of benzene rings is 1. The van der Waals surface area contributed by atoms with Crippen LogP contribution in [0.15, 0.2) is 18.2 Å². The van der Waals surface area contributed by atoms with E-state index in [0.29, 0.717) is 3.95 Å². The SMILES string of the molecule is Cn1c(=[S-](=O)O)sc2cccc(NN)c21. The second-order valence-electron chi connectivity index (χ2n) is 2.97. The molecule has 0 atom stereocenters. The number of nitrogens with zero attached hydrogens (tertiary/aromatic N) is 1. The molecule has 15 heavy (non-hydrogen) atoms. The van der Waals surface area contributed by atoms with Crippen molar-refractivity contribution >= 4 is 37.9 Å². The molecular formula is C8H10N3O2S2-. The zero-order valence-electron chi connectivity index (χ0n) is 7.93. The number of aromatic nitrogens is 1. The Bertz CT molecular complexity index is 622. The van der Waals surface area contributed by atoms with Crippen LogP contribution in [-0.4, -0.2) is 9.12 Å². The molecule has 0 saturated heterocycles. The Morgan fingerprint density at radius 2 is 2.33 bits per heavy atom. The average Bonchev–Trinajstić information content (AvgIpc) is 2.56. The fourth-order valence-corrected chi connectivity index (χ4v) is 3.26. The summed E-state index contributed by atoms with van der Waals surface area (Å²) in [4.78, 5) is 0. The van der Waals surface area contributed by atoms with Gasteiger partial charge in [-0.1, -0.05) is 6.07 Å². The first-order chi connectivity index (χ1) is 7.15. The predicted molar refractivity (Wildman–Crippen MR) is 62.5 cm³/mol. The van der Waals surface area contributed by atoms with Gasteiger partial charge >= 0.3 is 0 Å². The third kappa shape index (κ3) is 1.63. The summed E-state index contributed by atoms with van der Waals surface area (Å²) in [6.45, 7) is 0. The molecule has 1 aromatic carbocycles. The Balaban J connectivity index is 3.03. The minimum Gasteiger partial charge on any atom is -0.465 e. The summed E-state index contributed by atoms with van der Waals surface area (Å²) in [5, 5.41) is 0. The smallest absolute Gasteiger partial charge is 0.0821 e. The van der Waals surface area contributed by atoms with Crippen molar-refractivity contribution < 1.29 is 8.76 Å². The van der Waals surface area contributed by atoms with E-state index in [2.05, 4.69) is 5.43 Å². The lowest BCUT2D eigenvalue weighted by molar-refractivity contribution is 0.530. The van der Waals surface area contributed by atoms with Crippen LogP contribution in [0.3, 0.4) is 0 Å². The van der Waals surface area contributed by atoms with Gasteiger partial charge in [0.15, 0.2) is 0 Å². The van der Waals surface area contributed by atoms with Crippen LogP contribution in [0.25, 0.3) is 10.2 Å². The van der Waals surface area contributed by atoms with Crippen molar-refractivity contribution in [1.29, 1.82) is 0 Å². The molecule has 0 fully saturated rings. The number of rotatable bonds is 1. The highest BCUT2D eigenvalue weighted by molar-refractivity contribution is 7.72. The minimum atomic E-state index is -1.97. The number of anilines is 1. The van der Waals surface area contributed by atoms with E-state index in [1.807, 2.05) is 18.2 Å². The van der Waals surface area contributed by atoms with Crippen LogP contribution in [0.5, 0.6) is 0 Å². The topological polar surface area (TPSA) is 80.3 Å². The molecule has 2 rings (SSSR count). The summed E-state index contributed by atoms with van der Waals surface area (Å²) >= 11 is 1.28. The van der Waals surface area contributed by atoms with E-state index in [1.165, 1.54) is 11.3 Å². The van der Waals surface area contributed by atoms with E-state index < -0.39 is 10.7 Å². The molecule has 0 spiro atoms. The molecule has 0 saturated carbocycles. The highest BCUT2D eigenvalue weighted by atomic mass is 32.2. The Hall–Kier alpha value is -1.02. The predicted octanol–water partition coefficient (Wildman–Crippen LogP) is 1.49. The number of nitrogens with two attached hydrogens (primary N) is 1. The Labute approximate surface area is 92.0 Å². The fraction of sp³-hybridized carbons (Fsp3) is 0.125. The molecule has 0 radical (unpaired) electrons. The second kappa shape index (κ2) is 3.86. The lowest BCUT2D eigenvalue weighted by Gasteiger charge is -2.04. The van der Waals surface area contributed by atoms with E-state index in [1.54, 1.807) is 11.6 Å². The number of nitrogen functional groups attached to an aromatic ring is 1. The maximum absolute atomic E-state index is 11.0. The monoisotopic (exact) mass is 244 g/mol. The zero-order valence-corrected chi connectivity index (χ0v) is 9.56. The van der Waals surface area contributed by atoms with Gasteiger partial charge in [-0.3, -0.25) is 5.84 Å². The maximum atomic E-state index is 11.0. The van der Waals surface area contributed by atoms with E-state index >= 15 is 0 Å². The van der Waals surface area contributed by atoms with Gasteiger partial charge in [0, 0.05) is 11.0 Å². The number of hydrogen-bond acceptors (Lipinski definition) is 5. The summed E-state index contributed by atoms with van der Waals surface area (Å²) in [6, 6.07) is 5.55. The third-order valence-electron chi connectivity index (χ3n) is 2.11. The molecule has 0 amide bonds. The van der Waals surface area contributed by atoms with Crippen molar-refractivity contribution in [3.8, 4) is 0 Å². The quantitative estimate of drug-likeness (QED) is 0.233. The largest absolute Gasteiger partial charge is 0.465 e. The Morgan fingerprint density at radius 3 is 2.93 bits per heavy atom. The molecule has 5 nitrogen and oxygen atoms in total. The van der Waals surface area contributed by atoms with Crippen molar-refractivity contribution in [2.75, 3.05) is 5.43 Å². The molecule has 0 unspecified atom stereocenters. The van der Waals surface area contributed by atoms with Crippen molar-refractivity contribution in [2.45, 2.75) is 0 Å². The number of para-hydroxylation sites is 1. The summed E-state index contributed by atoms with van der Waals surface area (Å²) in [6.07, 6.45) is 0. The summed E-state index contributed by atoms with van der Waals surface area (Å²) in [5.41, 5.74) is 4.14. The number of thiazole rings is 1. The molecule has 0 bridgehead atoms. The van der Waals surface area contributed by atoms with Crippen LogP contribution in [0.4, 0.5) is 5.69 Å². The highest BCUT2D eigenvalue weighted by Crippen LogP contribution is 2.27. The molecular weight excluding hydrogens is 234 g/mol. The summed E-state index contributed by atoms with van der Waals surface area (Å²) < 4.78 is 23.1. The van der Waals surface area contributed by atoms with Gasteiger partial charge in [-0.2, -0.15) is 0 Å². The van der Waals surface area contributed by atoms with Gasteiger partial charge in [-0.25, -0.2) is 0 Å². The number of fused-ring (bicyclic) bond motifs is 1. The second-order valence-corrected chi connectivity index (χ2v) is 5.15. The zero-order chi connectivity index (χ0) is 11.0. The van der Waals surface area contributed by atoms with Crippen molar-refractivity contribution in [3.63, 3.8) is 0 Å². The normalized spacial score (nSPS) is 14.2. The number of aryl methyl sites for hydroxylation is 1. The molecule has 0 aliphatic rings. The Morgan fingerprint density at radius 1 is 1.60 bits per heavy atom. The van der Waals surface area contributed by atoms with Gasteiger partial charge in [0.05, 0.1) is 15.9 Å². The molecule has 7 heteroatoms. The van der Waals surface area contributed by atoms with Crippen LogP contribution >= 0.6 is 11.3 Å². The molecule has 0 aliphatic carbocycles. The lowest BCUT2D eigenvalue weighted by atomic mass is 10.3. The molecule has 2 aromatic rings. The van der Waals surface area contributed by atoms with E-state index in [0.717, 1.165) is 15.9 Å². The first kappa shape index (κ1) is 10.5. The van der Waals surface area contributed by atoms with Crippen LogP contribution in [-0.2, 0) is 21.9 Å². The van der Waals surface area contributed by atoms with E-state index in [9.17, 15) is 4.21 Å². The van der Waals surface area contributed by atoms with Gasteiger partial charge in [-0.05, 0) is 12.1 Å². The first-order valence-corrected chi connectivity index (χ1v) is 6.06. The molecule has 1 heterocycles. The molecule has 4 N–H and O–H groups in total. The molecule has 82 valence electrons. The van der Waals surface area contributed by atoms with Crippen molar-refractivity contribution in [1.82, 2.24) is 4.57 Å². The number of nitrogens with one attached hydrogen (secondary N) is 1. The van der Waals surface area contributed by atoms with Gasteiger partial charge in [0.1, 0.15) is 0 Å². The van der Waals surface area contributed by atoms with E-state index in [4.69, 9.17) is 10.4 Å². The average molecular weight is 244 g/mol. The third-order valence-corrected chi connectivity index (χ3v) is 4.36. The van der Waals surface area contributed by atoms with Gasteiger partial charge in [0.25, 0.3) is 0 Å². The highest BCUT2D eigenvalue weighted by Gasteiger charge is 2.03. The standard InChI is InChI=1S/C8H10N3O2S2/c1-11-7-5(10-9)3-2-4-6(7)14-8(11)15(12)13/h2-4,10H,9H2,1H3,(H,12,13)/q-1. The van der Waals surface area contributed by atoms with Crippen LogP contribution in [0.2, 0.25) is 0 Å². The van der Waals surface area contributed by atoms with Crippen molar-refractivity contribution in [3.05, 3.63) is 22.2 Å². The molecule has 0 aliphatic heterocycles. The Kier molecular flexibility index (Phi) is 2.70. The van der Waals surface area contributed by atoms with E-state index in [-0.39, 0.29) is 0 Å². The first-order valence-electron chi connectivity index (χ1n) is 4.14. The fourth-order valence-electron chi connectivity index (χ4n) is 1.47. The van der Waals surface area contributed by atoms with Crippen LogP contribution in [0, 0.1) is 3.95 Å². The van der Waals surface area contributed by atoms with Crippen LogP contribution in [0.1, 0.15) is 0 Å². The molecule has 1 aromatic heterocycles. The van der Waals surface area contributed by atoms with Gasteiger partial charge in [-0.15, -0.1) is 22.0 Å². The summed E-state index contributed by atoms with van der Waals surface area (Å²) in [7, 11) is -0.231. The van der Waals surface area contributed by atoms with Crippen LogP contribution < -0.4 is 11.3 Å². The van der Waals surface area contributed by atoms with Crippen molar-refractivity contribution in [2.24, 2.45) is 12.9 Å². The minimum absolute atomic E-state index is 0.396. The summed E-state index contributed by atoms with van der Waals surface area (Å²) in [5.74, 6) is 5.37. The lowest BCUT2D eigenvalue weighted by Crippen LogP contribution is -2.08. The number of hydrogen-bond donors (Lipinski definition) is 3.